The maximum atomic E-state index is 12.4. The highest BCUT2D eigenvalue weighted by Crippen LogP contribution is 2.24. The number of para-hydroxylation sites is 1. The van der Waals surface area contributed by atoms with E-state index in [0.717, 1.165) is 22.2 Å². The number of rotatable bonds is 2. The van der Waals surface area contributed by atoms with Gasteiger partial charge < -0.3 is 9.73 Å². The van der Waals surface area contributed by atoms with E-state index in [4.69, 9.17) is 16.6 Å². The van der Waals surface area contributed by atoms with Crippen molar-refractivity contribution in [3.8, 4) is 0 Å². The predicted molar refractivity (Wildman–Crippen MR) is 101 cm³/mol. The lowest BCUT2D eigenvalue weighted by Gasteiger charge is -2.10. The summed E-state index contributed by atoms with van der Waals surface area (Å²) < 4.78 is 5.65. The Morgan fingerprint density at radius 3 is 2.50 bits per heavy atom. The minimum Gasteiger partial charge on any atom is -0.451 e. The minimum absolute atomic E-state index is 0.239. The Morgan fingerprint density at radius 1 is 1.04 bits per heavy atom. The average Bonchev–Trinajstić information content (AvgIpc) is 2.88. The number of amides is 1. The Kier molecular flexibility index (Phi) is 4.36. The lowest BCUT2D eigenvalue weighted by Crippen LogP contribution is -2.34. The van der Waals surface area contributed by atoms with Crippen LogP contribution in [0.3, 0.4) is 0 Å². The Labute approximate surface area is 145 Å². The number of benzene rings is 2. The third-order valence-electron chi connectivity index (χ3n) is 4.04. The van der Waals surface area contributed by atoms with Crippen LogP contribution in [0.1, 0.15) is 27.2 Å². The van der Waals surface area contributed by atoms with Gasteiger partial charge in [0.2, 0.25) is 0 Å². The Bertz CT molecular complexity index is 944. The molecule has 5 heteroatoms. The zero-order valence-corrected chi connectivity index (χ0v) is 14.6. The Balaban J connectivity index is 1.74. The molecule has 2 N–H and O–H groups in total. The fourth-order valence-electron chi connectivity index (χ4n) is 2.53. The van der Waals surface area contributed by atoms with Gasteiger partial charge in [-0.1, -0.05) is 24.3 Å². The number of hydrogen-bond donors (Lipinski definition) is 2. The van der Waals surface area contributed by atoms with Gasteiger partial charge in [0.05, 0.1) is 0 Å². The van der Waals surface area contributed by atoms with Gasteiger partial charge in [-0.25, -0.2) is 0 Å². The van der Waals surface area contributed by atoms with Crippen LogP contribution in [0, 0.1) is 20.8 Å². The largest absolute Gasteiger partial charge is 0.451 e. The standard InChI is InChI=1S/C19H18N2O2S/c1-11-8-9-14(10-12(11)2)20-19(24)21-18(22)17-13(3)15-6-4-5-7-16(15)23-17/h4-10H,1-3H3,(H2,20,21,22,24). The van der Waals surface area contributed by atoms with Crippen LogP contribution in [0.5, 0.6) is 0 Å². The van der Waals surface area contributed by atoms with Gasteiger partial charge in [-0.3, -0.25) is 10.1 Å². The molecule has 0 saturated carbocycles. The lowest BCUT2D eigenvalue weighted by atomic mass is 10.1. The molecule has 122 valence electrons. The molecule has 1 heterocycles. The van der Waals surface area contributed by atoms with E-state index >= 15 is 0 Å². The van der Waals surface area contributed by atoms with Crippen molar-refractivity contribution in [2.24, 2.45) is 0 Å². The van der Waals surface area contributed by atoms with E-state index in [1.54, 1.807) is 0 Å². The fourth-order valence-corrected chi connectivity index (χ4v) is 2.74. The van der Waals surface area contributed by atoms with Crippen LogP contribution < -0.4 is 10.6 Å². The van der Waals surface area contributed by atoms with E-state index in [-0.39, 0.29) is 16.8 Å². The predicted octanol–water partition coefficient (Wildman–Crippen LogP) is 4.48. The van der Waals surface area contributed by atoms with E-state index in [1.165, 1.54) is 5.56 Å². The summed E-state index contributed by atoms with van der Waals surface area (Å²) in [6.45, 7) is 5.93. The van der Waals surface area contributed by atoms with Crippen LogP contribution in [-0.2, 0) is 0 Å². The van der Waals surface area contributed by atoms with Gasteiger partial charge in [-0.2, -0.15) is 0 Å². The summed E-state index contributed by atoms with van der Waals surface area (Å²) >= 11 is 5.23. The van der Waals surface area contributed by atoms with Crippen molar-refractivity contribution in [3.63, 3.8) is 0 Å². The van der Waals surface area contributed by atoms with E-state index in [0.29, 0.717) is 5.58 Å². The van der Waals surface area contributed by atoms with Crippen molar-refractivity contribution in [1.82, 2.24) is 5.32 Å². The first kappa shape index (κ1) is 16.2. The smallest absolute Gasteiger partial charge is 0.293 e. The summed E-state index contributed by atoms with van der Waals surface area (Å²) in [6.07, 6.45) is 0. The van der Waals surface area contributed by atoms with Crippen molar-refractivity contribution in [3.05, 3.63) is 64.9 Å². The third kappa shape index (κ3) is 3.16. The van der Waals surface area contributed by atoms with Crippen LogP contribution in [0.4, 0.5) is 5.69 Å². The molecule has 0 aliphatic carbocycles. The summed E-state index contributed by atoms with van der Waals surface area (Å²) in [5.74, 6) is -0.0783. The number of aryl methyl sites for hydroxylation is 3. The molecule has 0 bridgehead atoms. The number of fused-ring (bicyclic) bond motifs is 1. The molecular formula is C19H18N2O2S. The van der Waals surface area contributed by atoms with E-state index in [9.17, 15) is 4.79 Å². The van der Waals surface area contributed by atoms with Crippen LogP contribution in [0.15, 0.2) is 46.9 Å². The first-order valence-corrected chi connectivity index (χ1v) is 8.04. The highest BCUT2D eigenvalue weighted by atomic mass is 32.1. The molecule has 4 nitrogen and oxygen atoms in total. The summed E-state index contributed by atoms with van der Waals surface area (Å²) in [4.78, 5) is 12.4. The number of anilines is 1. The number of carbonyl (C=O) groups is 1. The molecule has 0 fully saturated rings. The van der Waals surface area contributed by atoms with Gasteiger partial charge in [0, 0.05) is 16.6 Å². The SMILES string of the molecule is Cc1ccc(NC(=S)NC(=O)c2oc3ccccc3c2C)cc1C. The van der Waals surface area contributed by atoms with Crippen molar-refractivity contribution < 1.29 is 9.21 Å². The number of hydrogen-bond acceptors (Lipinski definition) is 3. The summed E-state index contributed by atoms with van der Waals surface area (Å²) in [7, 11) is 0. The second-order valence-corrected chi connectivity index (χ2v) is 6.17. The molecule has 0 saturated heterocycles. The van der Waals surface area contributed by atoms with Gasteiger partial charge in [0.25, 0.3) is 5.91 Å². The zero-order chi connectivity index (χ0) is 17.3. The van der Waals surface area contributed by atoms with Gasteiger partial charge >= 0.3 is 0 Å². The number of thiocarbonyl (C=S) groups is 1. The second-order valence-electron chi connectivity index (χ2n) is 5.76. The van der Waals surface area contributed by atoms with E-state index in [2.05, 4.69) is 10.6 Å². The number of carbonyl (C=O) groups excluding carboxylic acids is 1. The fraction of sp³-hybridized carbons (Fsp3) is 0.158. The van der Waals surface area contributed by atoms with Gasteiger partial charge in [0.15, 0.2) is 10.9 Å². The van der Waals surface area contributed by atoms with Crippen molar-refractivity contribution >= 4 is 39.9 Å². The van der Waals surface area contributed by atoms with Crippen molar-refractivity contribution in [2.45, 2.75) is 20.8 Å². The van der Waals surface area contributed by atoms with Crippen molar-refractivity contribution in [1.29, 1.82) is 0 Å². The average molecular weight is 338 g/mol. The van der Waals surface area contributed by atoms with Crippen LogP contribution in [0.25, 0.3) is 11.0 Å². The monoisotopic (exact) mass is 338 g/mol. The highest BCUT2D eigenvalue weighted by molar-refractivity contribution is 7.80. The molecule has 0 spiro atoms. The molecule has 0 unspecified atom stereocenters. The maximum Gasteiger partial charge on any atom is 0.293 e. The summed E-state index contributed by atoms with van der Waals surface area (Å²) in [5, 5.41) is 6.86. The van der Waals surface area contributed by atoms with Gasteiger partial charge in [-0.15, -0.1) is 0 Å². The van der Waals surface area contributed by atoms with Crippen molar-refractivity contribution in [2.75, 3.05) is 5.32 Å². The first-order valence-electron chi connectivity index (χ1n) is 7.63. The maximum absolute atomic E-state index is 12.4. The molecule has 1 amide bonds. The van der Waals surface area contributed by atoms with Crippen LogP contribution in [0.2, 0.25) is 0 Å². The summed E-state index contributed by atoms with van der Waals surface area (Å²) in [6, 6.07) is 13.5. The van der Waals surface area contributed by atoms with E-state index in [1.807, 2.05) is 63.2 Å². The molecule has 0 aliphatic heterocycles. The normalized spacial score (nSPS) is 10.6. The quantitative estimate of drug-likeness (QED) is 0.676. The highest BCUT2D eigenvalue weighted by Gasteiger charge is 2.18. The Hall–Kier alpha value is -2.66. The molecule has 2 aromatic carbocycles. The summed E-state index contributed by atoms with van der Waals surface area (Å²) in [5.41, 5.74) is 4.69. The molecule has 3 aromatic rings. The Morgan fingerprint density at radius 2 is 1.79 bits per heavy atom. The lowest BCUT2D eigenvalue weighted by molar-refractivity contribution is 0.0952. The minimum atomic E-state index is -0.356. The molecular weight excluding hydrogens is 320 g/mol. The number of furan rings is 1. The van der Waals surface area contributed by atoms with Gasteiger partial charge in [-0.05, 0) is 62.3 Å². The van der Waals surface area contributed by atoms with E-state index < -0.39 is 0 Å². The van der Waals surface area contributed by atoms with Gasteiger partial charge in [0.1, 0.15) is 5.58 Å². The molecule has 0 aliphatic rings. The molecule has 0 radical (unpaired) electrons. The molecule has 24 heavy (non-hydrogen) atoms. The number of nitrogens with one attached hydrogen (secondary N) is 2. The molecule has 0 atom stereocenters. The third-order valence-corrected chi connectivity index (χ3v) is 4.25. The zero-order valence-electron chi connectivity index (χ0n) is 13.8. The van der Waals surface area contributed by atoms with Crippen LogP contribution >= 0.6 is 12.2 Å². The molecule has 3 rings (SSSR count). The topological polar surface area (TPSA) is 54.3 Å². The second kappa shape index (κ2) is 6.45. The van der Waals surface area contributed by atoms with Crippen LogP contribution in [-0.4, -0.2) is 11.0 Å². The molecule has 1 aromatic heterocycles. The first-order chi connectivity index (χ1) is 11.5.